The van der Waals surface area contributed by atoms with Gasteiger partial charge in [0.2, 0.25) is 0 Å². The van der Waals surface area contributed by atoms with Gasteiger partial charge in [-0.25, -0.2) is 0 Å². The highest BCUT2D eigenvalue weighted by atomic mass is 32.1. The molecule has 188 valence electrons. The Kier molecular flexibility index (Phi) is 6.95. The third-order valence-corrected chi connectivity index (χ3v) is 6.61. The standard InChI is InChI=1S/C27H24F3NO4S/c1-15(2)12-21(32)23-24(20-6-4-5-7-22(20)35-27(28,29)30)31(26(34)25(23)33)19-10-8-17(9-11-19)18-13-16(3)36-14-18/h4-11,13-15,24,33H,12H2,1-3H3. The van der Waals surface area contributed by atoms with Crippen LogP contribution >= 0.6 is 11.3 Å². The van der Waals surface area contributed by atoms with E-state index in [1.807, 2.05) is 18.4 Å². The zero-order valence-electron chi connectivity index (χ0n) is 19.8. The molecule has 1 aliphatic heterocycles. The largest absolute Gasteiger partial charge is 0.573 e. The highest BCUT2D eigenvalue weighted by Crippen LogP contribution is 2.45. The van der Waals surface area contributed by atoms with Gasteiger partial charge in [-0.05, 0) is 53.6 Å². The maximum Gasteiger partial charge on any atom is 0.573 e. The Morgan fingerprint density at radius 3 is 2.36 bits per heavy atom. The minimum atomic E-state index is -4.99. The highest BCUT2D eigenvalue weighted by Gasteiger charge is 2.46. The monoisotopic (exact) mass is 515 g/mol. The van der Waals surface area contributed by atoms with Crippen molar-refractivity contribution in [2.45, 2.75) is 39.6 Å². The molecular formula is C27H24F3NO4S. The van der Waals surface area contributed by atoms with Crippen LogP contribution in [0.5, 0.6) is 5.75 Å². The highest BCUT2D eigenvalue weighted by molar-refractivity contribution is 7.10. The fourth-order valence-electron chi connectivity index (χ4n) is 4.26. The number of benzene rings is 2. The Morgan fingerprint density at radius 2 is 1.78 bits per heavy atom. The van der Waals surface area contributed by atoms with E-state index in [-0.39, 0.29) is 23.5 Å². The number of ketones is 1. The van der Waals surface area contributed by atoms with Crippen LogP contribution in [0.1, 0.15) is 36.8 Å². The molecule has 5 nitrogen and oxygen atoms in total. The molecule has 1 aliphatic rings. The molecule has 0 spiro atoms. The smallest absolute Gasteiger partial charge is 0.503 e. The summed E-state index contributed by atoms with van der Waals surface area (Å²) in [5.41, 5.74) is 1.90. The Hall–Kier alpha value is -3.59. The molecule has 9 heteroatoms. The van der Waals surface area contributed by atoms with Crippen molar-refractivity contribution >= 4 is 28.7 Å². The van der Waals surface area contributed by atoms with Crippen LogP contribution < -0.4 is 9.64 Å². The van der Waals surface area contributed by atoms with Gasteiger partial charge in [0.25, 0.3) is 5.91 Å². The number of aryl methyl sites for hydroxylation is 1. The first-order valence-electron chi connectivity index (χ1n) is 11.3. The number of hydrogen-bond donors (Lipinski definition) is 1. The first-order valence-corrected chi connectivity index (χ1v) is 12.1. The molecule has 36 heavy (non-hydrogen) atoms. The molecule has 0 saturated carbocycles. The van der Waals surface area contributed by atoms with Crippen LogP contribution in [0.2, 0.25) is 0 Å². The Morgan fingerprint density at radius 1 is 1.11 bits per heavy atom. The number of Topliss-reactive ketones (excluding diaryl/α,β-unsaturated/α-hetero) is 1. The third kappa shape index (κ3) is 5.16. The second-order valence-electron chi connectivity index (χ2n) is 8.94. The van der Waals surface area contributed by atoms with Crippen molar-refractivity contribution in [3.8, 4) is 16.9 Å². The molecule has 0 saturated heterocycles. The second-order valence-corrected chi connectivity index (χ2v) is 10.1. The molecule has 1 N–H and O–H groups in total. The minimum Gasteiger partial charge on any atom is -0.503 e. The van der Waals surface area contributed by atoms with Crippen molar-refractivity contribution in [2.24, 2.45) is 5.92 Å². The number of halogens is 3. The average Bonchev–Trinajstić information content (AvgIpc) is 3.34. The van der Waals surface area contributed by atoms with E-state index in [1.54, 1.807) is 49.4 Å². The number of para-hydroxylation sites is 1. The van der Waals surface area contributed by atoms with Gasteiger partial charge in [0.1, 0.15) is 5.75 Å². The third-order valence-electron chi connectivity index (χ3n) is 5.75. The molecule has 0 aliphatic carbocycles. The summed E-state index contributed by atoms with van der Waals surface area (Å²) < 4.78 is 43.8. The zero-order valence-corrected chi connectivity index (χ0v) is 20.6. The molecule has 1 aromatic heterocycles. The van der Waals surface area contributed by atoms with Gasteiger partial charge in [-0.3, -0.25) is 14.5 Å². The van der Waals surface area contributed by atoms with Gasteiger partial charge in [0.15, 0.2) is 11.5 Å². The second kappa shape index (κ2) is 9.81. The summed E-state index contributed by atoms with van der Waals surface area (Å²) in [6.07, 6.45) is -4.98. The van der Waals surface area contributed by atoms with Crippen LogP contribution in [0.15, 0.2) is 71.3 Å². The first kappa shape index (κ1) is 25.5. The molecular weight excluding hydrogens is 491 g/mol. The summed E-state index contributed by atoms with van der Waals surface area (Å²) in [6, 6.07) is 12.9. The van der Waals surface area contributed by atoms with Crippen LogP contribution in [-0.2, 0) is 9.59 Å². The van der Waals surface area contributed by atoms with Crippen molar-refractivity contribution in [3.05, 3.63) is 81.8 Å². The fraction of sp³-hybridized carbons (Fsp3) is 0.259. The Labute approximate surface area is 210 Å². The topological polar surface area (TPSA) is 66.8 Å². The first-order chi connectivity index (χ1) is 17.0. The number of alkyl halides is 3. The summed E-state index contributed by atoms with van der Waals surface area (Å²) >= 11 is 1.59. The molecule has 1 unspecified atom stereocenters. The van der Waals surface area contributed by atoms with Crippen molar-refractivity contribution in [1.29, 1.82) is 0 Å². The number of carbonyl (C=O) groups is 2. The molecule has 3 aromatic rings. The van der Waals surface area contributed by atoms with Crippen LogP contribution in [-0.4, -0.2) is 23.2 Å². The van der Waals surface area contributed by atoms with E-state index in [4.69, 9.17) is 0 Å². The van der Waals surface area contributed by atoms with Crippen molar-refractivity contribution in [2.75, 3.05) is 4.90 Å². The fourth-order valence-corrected chi connectivity index (χ4v) is 4.98. The van der Waals surface area contributed by atoms with Crippen LogP contribution in [0, 0.1) is 12.8 Å². The summed E-state index contributed by atoms with van der Waals surface area (Å²) in [5.74, 6) is -2.81. The molecule has 1 amide bonds. The lowest BCUT2D eigenvalue weighted by atomic mass is 9.91. The Balaban J connectivity index is 1.83. The molecule has 1 atom stereocenters. The van der Waals surface area contributed by atoms with Crippen LogP contribution in [0.25, 0.3) is 11.1 Å². The summed E-state index contributed by atoms with van der Waals surface area (Å²) in [7, 11) is 0. The van der Waals surface area contributed by atoms with Crippen LogP contribution in [0.4, 0.5) is 18.9 Å². The number of anilines is 1. The zero-order chi connectivity index (χ0) is 26.2. The quantitative estimate of drug-likeness (QED) is 0.363. The predicted octanol–water partition coefficient (Wildman–Crippen LogP) is 7.14. The van der Waals surface area contributed by atoms with Gasteiger partial charge in [-0.1, -0.05) is 44.2 Å². The molecule has 4 rings (SSSR count). The lowest BCUT2D eigenvalue weighted by Gasteiger charge is -2.28. The summed E-state index contributed by atoms with van der Waals surface area (Å²) in [4.78, 5) is 28.7. The minimum absolute atomic E-state index is 0.00968. The van der Waals surface area contributed by atoms with E-state index in [9.17, 15) is 27.9 Å². The van der Waals surface area contributed by atoms with Gasteiger partial charge in [0, 0.05) is 22.5 Å². The van der Waals surface area contributed by atoms with Gasteiger partial charge >= 0.3 is 6.36 Å². The number of hydrogen-bond acceptors (Lipinski definition) is 5. The number of aliphatic hydroxyl groups excluding tert-OH is 1. The molecule has 0 radical (unpaired) electrons. The predicted molar refractivity (Wildman–Crippen MR) is 132 cm³/mol. The average molecular weight is 516 g/mol. The maximum absolute atomic E-state index is 13.2. The SMILES string of the molecule is Cc1cc(-c2ccc(N3C(=O)C(O)=C(C(=O)CC(C)C)C3c3ccccc3OC(F)(F)F)cc2)cs1. The summed E-state index contributed by atoms with van der Waals surface area (Å²) in [6.45, 7) is 5.58. The van der Waals surface area contributed by atoms with Gasteiger partial charge in [-0.15, -0.1) is 24.5 Å². The van der Waals surface area contributed by atoms with Crippen LogP contribution in [0.3, 0.4) is 0 Å². The maximum atomic E-state index is 13.2. The number of nitrogens with zero attached hydrogens (tertiary/aromatic N) is 1. The summed E-state index contributed by atoms with van der Waals surface area (Å²) in [5, 5.41) is 12.8. The van der Waals surface area contributed by atoms with Gasteiger partial charge in [-0.2, -0.15) is 0 Å². The number of thiophene rings is 1. The number of carbonyl (C=O) groups excluding carboxylic acids is 2. The molecule has 2 heterocycles. The van der Waals surface area contributed by atoms with E-state index >= 15 is 0 Å². The molecule has 0 bridgehead atoms. The van der Waals surface area contributed by atoms with E-state index < -0.39 is 35.6 Å². The van der Waals surface area contributed by atoms with E-state index in [0.29, 0.717) is 5.69 Å². The normalized spacial score (nSPS) is 16.2. The lowest BCUT2D eigenvalue weighted by molar-refractivity contribution is -0.274. The number of ether oxygens (including phenoxy) is 1. The number of rotatable bonds is 7. The van der Waals surface area contributed by atoms with Crippen molar-refractivity contribution in [3.63, 3.8) is 0 Å². The van der Waals surface area contributed by atoms with Crippen molar-refractivity contribution in [1.82, 2.24) is 0 Å². The van der Waals surface area contributed by atoms with E-state index in [0.717, 1.165) is 27.0 Å². The lowest BCUT2D eigenvalue weighted by Crippen LogP contribution is -2.32. The van der Waals surface area contributed by atoms with Crippen molar-refractivity contribution < 1.29 is 32.6 Å². The number of aliphatic hydroxyl groups is 1. The van der Waals surface area contributed by atoms with Gasteiger partial charge < -0.3 is 9.84 Å². The Bertz CT molecular complexity index is 1330. The molecule has 2 aromatic carbocycles. The number of amides is 1. The van der Waals surface area contributed by atoms with E-state index in [1.165, 1.54) is 18.2 Å². The molecule has 0 fully saturated rings. The van der Waals surface area contributed by atoms with Gasteiger partial charge in [0.05, 0.1) is 11.6 Å². The van der Waals surface area contributed by atoms with E-state index in [2.05, 4.69) is 4.74 Å².